The number of nitrogens with two attached hydrogens (primary N) is 2. The highest BCUT2D eigenvalue weighted by Crippen LogP contribution is 2.18. The second-order valence-corrected chi connectivity index (χ2v) is 7.54. The lowest BCUT2D eigenvalue weighted by Crippen LogP contribution is -2.08. The Morgan fingerprint density at radius 2 is 1.57 bits per heavy atom. The highest BCUT2D eigenvalue weighted by atomic mass is 16.5. The van der Waals surface area contributed by atoms with E-state index in [0.717, 1.165) is 5.56 Å². The minimum absolute atomic E-state index is 0.0571. The number of nitrogen functional groups attached to an aromatic ring is 2. The van der Waals surface area contributed by atoms with Gasteiger partial charge >= 0.3 is 11.9 Å². The van der Waals surface area contributed by atoms with Gasteiger partial charge in [0.15, 0.2) is 0 Å². The summed E-state index contributed by atoms with van der Waals surface area (Å²) >= 11 is 0. The van der Waals surface area contributed by atoms with Crippen LogP contribution in [0.3, 0.4) is 0 Å². The predicted molar refractivity (Wildman–Crippen MR) is 132 cm³/mol. The molecule has 3 aromatic rings. The van der Waals surface area contributed by atoms with Crippen molar-refractivity contribution in [2.75, 3.05) is 18.1 Å². The molecule has 0 radical (unpaired) electrons. The lowest BCUT2D eigenvalue weighted by molar-refractivity contribution is -0.138. The fraction of sp³-hybridized carbons (Fsp3) is 0.148. The number of hydrogen-bond acceptors (Lipinski definition) is 8. The molecule has 0 aliphatic carbocycles. The van der Waals surface area contributed by atoms with Gasteiger partial charge in [-0.2, -0.15) is 5.26 Å². The van der Waals surface area contributed by atoms with E-state index in [1.54, 1.807) is 72.8 Å². The van der Waals surface area contributed by atoms with Crippen molar-refractivity contribution < 1.29 is 23.8 Å². The van der Waals surface area contributed by atoms with Crippen molar-refractivity contribution in [3.05, 3.63) is 89.5 Å². The topological polar surface area (TPSA) is 138 Å². The fourth-order valence-corrected chi connectivity index (χ4v) is 3.04. The lowest BCUT2D eigenvalue weighted by atomic mass is 10.2. The van der Waals surface area contributed by atoms with Gasteiger partial charge in [-0.25, -0.2) is 9.59 Å². The molecule has 0 saturated heterocycles. The molecule has 0 atom stereocenters. The quantitative estimate of drug-likeness (QED) is 0.145. The van der Waals surface area contributed by atoms with Crippen LogP contribution in [0.15, 0.2) is 72.8 Å². The van der Waals surface area contributed by atoms with Gasteiger partial charge in [0.25, 0.3) is 0 Å². The van der Waals surface area contributed by atoms with Crippen LogP contribution in [-0.4, -0.2) is 18.5 Å². The van der Waals surface area contributed by atoms with Gasteiger partial charge in [-0.1, -0.05) is 12.1 Å². The van der Waals surface area contributed by atoms with E-state index >= 15 is 0 Å². The Morgan fingerprint density at radius 3 is 2.23 bits per heavy atom. The van der Waals surface area contributed by atoms with Crippen LogP contribution in [0.1, 0.15) is 34.3 Å². The zero-order valence-electron chi connectivity index (χ0n) is 19.0. The van der Waals surface area contributed by atoms with Crippen LogP contribution in [-0.2, 0) is 16.1 Å². The Bertz CT molecular complexity index is 1210. The Labute approximate surface area is 203 Å². The first kappa shape index (κ1) is 24.9. The number of anilines is 2. The predicted octanol–water partition coefficient (Wildman–Crippen LogP) is 4.51. The minimum Gasteiger partial charge on any atom is -0.494 e. The molecular formula is C27H25N3O5. The smallest absolute Gasteiger partial charge is 0.343 e. The van der Waals surface area contributed by atoms with Gasteiger partial charge in [-0.05, 0) is 78.2 Å². The summed E-state index contributed by atoms with van der Waals surface area (Å²) in [5.74, 6) is -0.0360. The largest absolute Gasteiger partial charge is 0.494 e. The summed E-state index contributed by atoms with van der Waals surface area (Å²) in [7, 11) is 0. The third-order valence-electron chi connectivity index (χ3n) is 4.71. The number of rotatable bonds is 10. The molecule has 3 rings (SSSR count). The van der Waals surface area contributed by atoms with Gasteiger partial charge in [0.1, 0.15) is 18.1 Å². The van der Waals surface area contributed by atoms with Gasteiger partial charge in [-0.15, -0.1) is 0 Å². The van der Waals surface area contributed by atoms with Gasteiger partial charge in [0.05, 0.1) is 18.2 Å². The van der Waals surface area contributed by atoms with E-state index in [-0.39, 0.29) is 6.61 Å². The number of carbonyl (C=O) groups excluding carboxylic acids is 2. The molecule has 0 bridgehead atoms. The van der Waals surface area contributed by atoms with E-state index in [2.05, 4.69) is 6.07 Å². The lowest BCUT2D eigenvalue weighted by Gasteiger charge is -2.07. The number of carbonyl (C=O) groups is 2. The molecule has 0 aliphatic rings. The van der Waals surface area contributed by atoms with Crippen molar-refractivity contribution in [3.63, 3.8) is 0 Å². The van der Waals surface area contributed by atoms with Gasteiger partial charge in [-0.3, -0.25) is 0 Å². The van der Waals surface area contributed by atoms with Crippen molar-refractivity contribution in [2.45, 2.75) is 19.4 Å². The maximum absolute atomic E-state index is 12.4. The molecule has 0 aliphatic heterocycles. The zero-order chi connectivity index (χ0) is 25.0. The zero-order valence-corrected chi connectivity index (χ0v) is 19.0. The van der Waals surface area contributed by atoms with Crippen LogP contribution in [0.4, 0.5) is 11.4 Å². The average molecular weight is 472 g/mol. The Hall–Kier alpha value is -4.77. The number of unbranched alkanes of at least 4 members (excludes halogenated alkanes) is 1. The van der Waals surface area contributed by atoms with E-state index < -0.39 is 11.9 Å². The molecule has 3 aromatic carbocycles. The first-order valence-corrected chi connectivity index (χ1v) is 10.8. The van der Waals surface area contributed by atoms with E-state index in [0.29, 0.717) is 53.4 Å². The summed E-state index contributed by atoms with van der Waals surface area (Å²) in [5.41, 5.74) is 14.3. The highest BCUT2D eigenvalue weighted by molar-refractivity contribution is 5.91. The SMILES string of the molecule is N#CCCCOc1ccc(C(=O)Oc2ccc(/C=C/C(=O)OCc3cc(N)cc(N)c3)cc2)cc1. The summed E-state index contributed by atoms with van der Waals surface area (Å²) < 4.78 is 16.1. The van der Waals surface area contributed by atoms with E-state index in [9.17, 15) is 9.59 Å². The first-order valence-electron chi connectivity index (χ1n) is 10.8. The molecule has 8 heteroatoms. The van der Waals surface area contributed by atoms with Gasteiger partial charge < -0.3 is 25.7 Å². The first-order chi connectivity index (χ1) is 16.9. The standard InChI is InChI=1S/C27H25N3O5/c28-13-1-2-14-33-24-10-6-21(7-11-24)27(32)35-25-8-3-19(4-9-25)5-12-26(31)34-18-20-15-22(29)17-23(30)16-20/h3-12,15-17H,1-2,14,18,29-30H2/b12-5+. The number of hydrogen-bond donors (Lipinski definition) is 2. The summed E-state index contributed by atoms with van der Waals surface area (Å²) in [6.07, 6.45) is 3.98. The maximum Gasteiger partial charge on any atom is 0.343 e. The Morgan fingerprint density at radius 1 is 0.914 bits per heavy atom. The van der Waals surface area contributed by atoms with Crippen LogP contribution in [0.2, 0.25) is 0 Å². The van der Waals surface area contributed by atoms with Gasteiger partial charge in [0.2, 0.25) is 0 Å². The molecule has 0 fully saturated rings. The monoisotopic (exact) mass is 471 g/mol. The maximum atomic E-state index is 12.4. The summed E-state index contributed by atoms with van der Waals surface area (Å²) in [4.78, 5) is 24.3. The molecule has 178 valence electrons. The molecule has 0 heterocycles. The normalized spacial score (nSPS) is 10.5. The average Bonchev–Trinajstić information content (AvgIpc) is 2.85. The van der Waals surface area contributed by atoms with Crippen molar-refractivity contribution in [1.82, 2.24) is 0 Å². The number of nitriles is 1. The Balaban J connectivity index is 1.47. The highest BCUT2D eigenvalue weighted by Gasteiger charge is 2.09. The van der Waals surface area contributed by atoms with Crippen LogP contribution >= 0.6 is 0 Å². The molecule has 0 unspecified atom stereocenters. The molecule has 8 nitrogen and oxygen atoms in total. The van der Waals surface area contributed by atoms with Crippen molar-refractivity contribution in [1.29, 1.82) is 5.26 Å². The van der Waals surface area contributed by atoms with Crippen molar-refractivity contribution in [3.8, 4) is 17.6 Å². The van der Waals surface area contributed by atoms with Crippen LogP contribution in [0, 0.1) is 11.3 Å². The number of ether oxygens (including phenoxy) is 3. The molecule has 35 heavy (non-hydrogen) atoms. The molecule has 0 saturated carbocycles. The van der Waals surface area contributed by atoms with Crippen LogP contribution in [0.5, 0.6) is 11.5 Å². The second kappa shape index (κ2) is 12.5. The molecular weight excluding hydrogens is 446 g/mol. The second-order valence-electron chi connectivity index (χ2n) is 7.54. The van der Waals surface area contributed by atoms with E-state index in [4.69, 9.17) is 30.9 Å². The van der Waals surface area contributed by atoms with E-state index in [1.807, 2.05) is 0 Å². The minimum atomic E-state index is -0.515. The van der Waals surface area contributed by atoms with Crippen molar-refractivity contribution in [2.24, 2.45) is 0 Å². The summed E-state index contributed by atoms with van der Waals surface area (Å²) in [6, 6.07) is 20.3. The molecule has 0 amide bonds. The molecule has 0 spiro atoms. The van der Waals surface area contributed by atoms with Crippen LogP contribution < -0.4 is 20.9 Å². The summed E-state index contributed by atoms with van der Waals surface area (Å²) in [5, 5.41) is 8.53. The van der Waals surface area contributed by atoms with Crippen molar-refractivity contribution >= 4 is 29.4 Å². The third-order valence-corrected chi connectivity index (χ3v) is 4.71. The molecule has 4 N–H and O–H groups in total. The number of esters is 2. The third kappa shape index (κ3) is 8.26. The molecule has 0 aromatic heterocycles. The van der Waals surface area contributed by atoms with Gasteiger partial charge in [0, 0.05) is 23.9 Å². The number of benzene rings is 3. The van der Waals surface area contributed by atoms with E-state index in [1.165, 1.54) is 6.08 Å². The summed E-state index contributed by atoms with van der Waals surface area (Å²) in [6.45, 7) is 0.495. The van der Waals surface area contributed by atoms with Crippen LogP contribution in [0.25, 0.3) is 6.08 Å². The number of nitrogens with zero attached hydrogens (tertiary/aromatic N) is 1. The fourth-order valence-electron chi connectivity index (χ4n) is 3.04. The Kier molecular flexibility index (Phi) is 8.85.